The van der Waals surface area contributed by atoms with Crippen LogP contribution in [0.15, 0.2) is 90.0 Å². The summed E-state index contributed by atoms with van der Waals surface area (Å²) < 4.78 is 71.0. The second-order valence-electron chi connectivity index (χ2n) is 12.1. The maximum atomic E-state index is 13.6. The average Bonchev–Trinajstić information content (AvgIpc) is 3.58. The van der Waals surface area contributed by atoms with Crippen LogP contribution in [0.25, 0.3) is 10.9 Å². The number of carbonyl (C=O) groups is 1. The van der Waals surface area contributed by atoms with E-state index in [4.69, 9.17) is 4.74 Å². The summed E-state index contributed by atoms with van der Waals surface area (Å²) in [5.41, 5.74) is 3.50. The van der Waals surface area contributed by atoms with Gasteiger partial charge in [-0.1, -0.05) is 23.8 Å². The van der Waals surface area contributed by atoms with Crippen molar-refractivity contribution in [1.82, 2.24) is 19.4 Å². The van der Waals surface area contributed by atoms with Crippen LogP contribution in [-0.4, -0.2) is 73.2 Å². The number of hydrogen-bond donors (Lipinski definition) is 0. The third kappa shape index (κ3) is 6.91. The zero-order valence-corrected chi connectivity index (χ0v) is 29.0. The number of pyridine rings is 1. The molecule has 1 fully saturated rings. The van der Waals surface area contributed by atoms with E-state index in [0.29, 0.717) is 49.9 Å². The molecule has 1 saturated heterocycles. The summed E-state index contributed by atoms with van der Waals surface area (Å²) in [6.45, 7) is 4.70. The summed E-state index contributed by atoms with van der Waals surface area (Å²) in [7, 11) is -0.451. The molecule has 2 aliphatic rings. The number of ether oxygens (including phenoxy) is 3. The van der Waals surface area contributed by atoms with E-state index in [9.17, 15) is 22.0 Å². The van der Waals surface area contributed by atoms with Crippen LogP contribution >= 0.6 is 12.4 Å². The summed E-state index contributed by atoms with van der Waals surface area (Å²) in [6.07, 6.45) is -2.21. The highest BCUT2D eigenvalue weighted by molar-refractivity contribution is 7.92. The molecule has 15 heteroatoms. The molecule has 0 spiro atoms. The second kappa shape index (κ2) is 13.4. The number of piperazine rings is 1. The molecule has 0 atom stereocenters. The van der Waals surface area contributed by atoms with Gasteiger partial charge in [-0.3, -0.25) is 14.0 Å². The van der Waals surface area contributed by atoms with Crippen LogP contribution in [0.5, 0.6) is 23.1 Å². The van der Waals surface area contributed by atoms with Gasteiger partial charge in [-0.05, 0) is 61.0 Å². The summed E-state index contributed by atoms with van der Waals surface area (Å²) >= 11 is 0. The Kier molecular flexibility index (Phi) is 9.37. The molecule has 1 amide bonds. The smallest absolute Gasteiger partial charge is 0.439 e. The first kappa shape index (κ1) is 34.9. The molecule has 0 bridgehead atoms. The van der Waals surface area contributed by atoms with Crippen LogP contribution in [0.3, 0.4) is 0 Å². The number of halogens is 3. The number of amides is 1. The molecule has 0 aliphatic carbocycles. The molecule has 5 aromatic rings. The van der Waals surface area contributed by atoms with Gasteiger partial charge in [-0.25, -0.2) is 13.4 Å². The lowest BCUT2D eigenvalue weighted by Crippen LogP contribution is -2.48. The van der Waals surface area contributed by atoms with Gasteiger partial charge in [0.05, 0.1) is 22.3 Å². The van der Waals surface area contributed by atoms with Crippen molar-refractivity contribution in [3.63, 3.8) is 0 Å². The van der Waals surface area contributed by atoms with E-state index >= 15 is 0 Å². The van der Waals surface area contributed by atoms with E-state index in [2.05, 4.69) is 19.4 Å². The number of carbonyl (C=O) groups excluding carboxylic acids is 1. The number of aryl methyl sites for hydroxylation is 2. The molecule has 3 aromatic carbocycles. The van der Waals surface area contributed by atoms with E-state index in [1.807, 2.05) is 41.6 Å². The van der Waals surface area contributed by atoms with Crippen molar-refractivity contribution in [3.05, 3.63) is 102 Å². The van der Waals surface area contributed by atoms with Crippen molar-refractivity contribution in [1.29, 1.82) is 0 Å². The minimum atomic E-state index is -3.76. The highest BCUT2D eigenvalue weighted by atomic mass is 35.5. The van der Waals surface area contributed by atoms with Crippen LogP contribution in [0.2, 0.25) is 0 Å². The van der Waals surface area contributed by atoms with Gasteiger partial charge in [0, 0.05) is 64.3 Å². The maximum absolute atomic E-state index is 13.6. The zero-order chi connectivity index (χ0) is 34.5. The third-order valence-electron chi connectivity index (χ3n) is 8.75. The quantitative estimate of drug-likeness (QED) is 0.186. The SMILES string of the molecule is Cc1ccc(S(=O)(=O)N(C)c2ccc(Oc3ccc4cc(C(=O)N5CCN(Cc6ccc7c(c6)OC(F)(F)O7)CC5)n(C)c4c3)nc2)cc1.Cl. The Bertz CT molecular complexity index is 2160. The van der Waals surface area contributed by atoms with E-state index in [1.165, 1.54) is 23.6 Å². The minimum absolute atomic E-state index is 0. The predicted molar refractivity (Wildman–Crippen MR) is 185 cm³/mol. The van der Waals surface area contributed by atoms with Gasteiger partial charge < -0.3 is 23.7 Å². The monoisotopic (exact) mass is 725 g/mol. The number of aromatic nitrogens is 2. The number of nitrogens with zero attached hydrogens (tertiary/aromatic N) is 5. The maximum Gasteiger partial charge on any atom is 0.586 e. The molecule has 0 radical (unpaired) electrons. The number of sulfonamides is 1. The summed E-state index contributed by atoms with van der Waals surface area (Å²) in [5.74, 6) is 0.736. The Morgan fingerprint density at radius 3 is 2.36 bits per heavy atom. The summed E-state index contributed by atoms with van der Waals surface area (Å²) in [6, 6.07) is 22.0. The standard InChI is InChI=1S/C35H33F2N5O6S.ClH/c1-23-4-10-28(11-5-23)49(44,45)40(3)26-8-13-33(38-21-26)46-27-9-7-25-19-30(39(2)29(25)20-27)34(43)42-16-14-41(15-17-42)22-24-6-12-31-32(18-24)48-35(36,37)47-31;/h4-13,18-21H,14-17,22H2,1-3H3;1H. The lowest BCUT2D eigenvalue weighted by molar-refractivity contribution is -0.286. The van der Waals surface area contributed by atoms with Crippen LogP contribution < -0.4 is 18.5 Å². The van der Waals surface area contributed by atoms with Crippen molar-refractivity contribution in [2.24, 2.45) is 7.05 Å². The number of benzene rings is 3. The van der Waals surface area contributed by atoms with Gasteiger partial charge in [0.25, 0.3) is 15.9 Å². The topological polar surface area (TPSA) is 106 Å². The molecular weight excluding hydrogens is 692 g/mol. The molecule has 2 aromatic heterocycles. The van der Waals surface area contributed by atoms with Crippen LogP contribution in [-0.2, 0) is 23.6 Å². The normalized spacial score (nSPS) is 15.5. The summed E-state index contributed by atoms with van der Waals surface area (Å²) in [4.78, 5) is 22.1. The van der Waals surface area contributed by atoms with Crippen LogP contribution in [0.4, 0.5) is 14.5 Å². The zero-order valence-electron chi connectivity index (χ0n) is 27.4. The Labute approximate surface area is 294 Å². The van der Waals surface area contributed by atoms with Crippen molar-refractivity contribution >= 4 is 44.9 Å². The van der Waals surface area contributed by atoms with E-state index in [-0.39, 0.29) is 40.6 Å². The van der Waals surface area contributed by atoms with Gasteiger partial charge in [-0.2, -0.15) is 0 Å². The van der Waals surface area contributed by atoms with Crippen LogP contribution in [0.1, 0.15) is 21.6 Å². The highest BCUT2D eigenvalue weighted by Crippen LogP contribution is 2.41. The Hall–Kier alpha value is -4.92. The van der Waals surface area contributed by atoms with Crippen molar-refractivity contribution in [2.45, 2.75) is 24.7 Å². The van der Waals surface area contributed by atoms with Gasteiger partial charge >= 0.3 is 6.29 Å². The molecule has 11 nitrogen and oxygen atoms in total. The summed E-state index contributed by atoms with van der Waals surface area (Å²) in [5, 5.41) is 0.872. The van der Waals surface area contributed by atoms with Gasteiger partial charge in [0.15, 0.2) is 11.5 Å². The molecule has 7 rings (SSSR count). The van der Waals surface area contributed by atoms with Crippen molar-refractivity contribution in [3.8, 4) is 23.1 Å². The highest BCUT2D eigenvalue weighted by Gasteiger charge is 2.43. The molecule has 2 aliphatic heterocycles. The minimum Gasteiger partial charge on any atom is -0.439 e. The Morgan fingerprint density at radius 2 is 1.66 bits per heavy atom. The number of alkyl halides is 2. The number of hydrogen-bond acceptors (Lipinski definition) is 8. The number of fused-ring (bicyclic) bond motifs is 2. The van der Waals surface area contributed by atoms with E-state index in [1.54, 1.807) is 54.6 Å². The lowest BCUT2D eigenvalue weighted by atomic mass is 10.1. The Morgan fingerprint density at radius 1 is 0.940 bits per heavy atom. The van der Waals surface area contributed by atoms with Gasteiger partial charge in [-0.15, -0.1) is 21.2 Å². The third-order valence-corrected chi connectivity index (χ3v) is 10.6. The molecule has 262 valence electrons. The first-order valence-corrected chi connectivity index (χ1v) is 17.0. The molecular formula is C35H34ClF2N5O6S. The fourth-order valence-corrected chi connectivity index (χ4v) is 7.13. The van der Waals surface area contributed by atoms with Crippen molar-refractivity contribution in [2.75, 3.05) is 37.5 Å². The molecule has 0 N–H and O–H groups in total. The van der Waals surface area contributed by atoms with Gasteiger partial charge in [0.2, 0.25) is 5.88 Å². The number of anilines is 1. The molecule has 0 unspecified atom stereocenters. The first-order chi connectivity index (χ1) is 23.4. The first-order valence-electron chi connectivity index (χ1n) is 15.6. The fraction of sp³-hybridized carbons (Fsp3) is 0.257. The molecule has 0 saturated carbocycles. The fourth-order valence-electron chi connectivity index (χ4n) is 5.95. The van der Waals surface area contributed by atoms with Gasteiger partial charge in [0.1, 0.15) is 11.4 Å². The van der Waals surface area contributed by atoms with E-state index in [0.717, 1.165) is 22.0 Å². The molecule has 4 heterocycles. The van der Waals surface area contributed by atoms with Crippen molar-refractivity contribution < 1.29 is 36.2 Å². The average molecular weight is 726 g/mol. The molecule has 50 heavy (non-hydrogen) atoms. The lowest BCUT2D eigenvalue weighted by Gasteiger charge is -2.34. The Balaban J connectivity index is 0.00000432. The largest absolute Gasteiger partial charge is 0.586 e. The second-order valence-corrected chi connectivity index (χ2v) is 14.0. The van der Waals surface area contributed by atoms with E-state index < -0.39 is 16.3 Å². The number of rotatable bonds is 8. The predicted octanol–water partition coefficient (Wildman–Crippen LogP) is 6.20. The van der Waals surface area contributed by atoms with Crippen LogP contribution in [0, 0.1) is 6.92 Å².